The summed E-state index contributed by atoms with van der Waals surface area (Å²) in [4.78, 5) is 14.3. The van der Waals surface area contributed by atoms with Crippen molar-refractivity contribution in [3.8, 4) is 11.5 Å². The first-order valence-electron chi connectivity index (χ1n) is 6.44. The van der Waals surface area contributed by atoms with Crippen molar-refractivity contribution in [2.24, 2.45) is 0 Å². The fourth-order valence-corrected chi connectivity index (χ4v) is 2.29. The van der Waals surface area contributed by atoms with E-state index in [1.165, 1.54) is 13.2 Å². The molecule has 1 aromatic carbocycles. The van der Waals surface area contributed by atoms with Crippen LogP contribution >= 0.6 is 0 Å². The lowest BCUT2D eigenvalue weighted by Gasteiger charge is -2.37. The summed E-state index contributed by atoms with van der Waals surface area (Å²) >= 11 is 0. The molecule has 1 fully saturated rings. The van der Waals surface area contributed by atoms with Crippen LogP contribution in [0.15, 0.2) is 18.2 Å². The fraction of sp³-hybridized carbons (Fsp3) is 0.500. The van der Waals surface area contributed by atoms with Crippen LogP contribution in [-0.4, -0.2) is 48.2 Å². The van der Waals surface area contributed by atoms with Crippen molar-refractivity contribution < 1.29 is 14.6 Å². The number of amides is 1. The third-order valence-electron chi connectivity index (χ3n) is 3.45. The highest BCUT2D eigenvalue weighted by atomic mass is 16.5. The highest BCUT2D eigenvalue weighted by Gasteiger charge is 2.27. The Balaban J connectivity index is 2.21. The van der Waals surface area contributed by atoms with Crippen molar-refractivity contribution in [1.29, 1.82) is 0 Å². The average Bonchev–Trinajstić information content (AvgIpc) is 2.40. The number of piperazine rings is 1. The highest BCUT2D eigenvalue weighted by molar-refractivity contribution is 5.95. The lowest BCUT2D eigenvalue weighted by atomic mass is 10.1. The average molecular weight is 264 g/mol. The van der Waals surface area contributed by atoms with Gasteiger partial charge in [-0.2, -0.15) is 0 Å². The third-order valence-corrected chi connectivity index (χ3v) is 3.45. The molecule has 1 heterocycles. The molecule has 1 aromatic rings. The Labute approximate surface area is 113 Å². The van der Waals surface area contributed by atoms with Crippen LogP contribution in [0.5, 0.6) is 11.5 Å². The SMILES string of the molecule is COc1ccc(C(=O)N2CC(C)NCC2C)cc1O. The molecule has 19 heavy (non-hydrogen) atoms. The molecule has 1 amide bonds. The van der Waals surface area contributed by atoms with Gasteiger partial charge in [0.25, 0.3) is 5.91 Å². The number of phenols is 1. The molecule has 5 heteroatoms. The molecule has 0 spiro atoms. The van der Waals surface area contributed by atoms with E-state index in [4.69, 9.17) is 4.74 Å². The summed E-state index contributed by atoms with van der Waals surface area (Å²) in [6, 6.07) is 5.18. The van der Waals surface area contributed by atoms with Crippen LogP contribution in [0.25, 0.3) is 0 Å². The number of hydrogen-bond acceptors (Lipinski definition) is 4. The van der Waals surface area contributed by atoms with E-state index in [1.54, 1.807) is 12.1 Å². The fourth-order valence-electron chi connectivity index (χ4n) is 2.29. The van der Waals surface area contributed by atoms with Crippen LogP contribution in [0.2, 0.25) is 0 Å². The predicted octanol–water partition coefficient (Wildman–Crippen LogP) is 1.22. The summed E-state index contributed by atoms with van der Waals surface area (Å²) in [6.45, 7) is 5.53. The second kappa shape index (κ2) is 5.48. The number of carbonyl (C=O) groups is 1. The number of rotatable bonds is 2. The summed E-state index contributed by atoms with van der Waals surface area (Å²) in [6.07, 6.45) is 0. The topological polar surface area (TPSA) is 61.8 Å². The Hall–Kier alpha value is -1.75. The van der Waals surface area contributed by atoms with Gasteiger partial charge in [-0.15, -0.1) is 0 Å². The smallest absolute Gasteiger partial charge is 0.254 e. The lowest BCUT2D eigenvalue weighted by molar-refractivity contribution is 0.0616. The van der Waals surface area contributed by atoms with Gasteiger partial charge in [-0.25, -0.2) is 0 Å². The summed E-state index contributed by atoms with van der Waals surface area (Å²) < 4.78 is 4.98. The van der Waals surface area contributed by atoms with Gasteiger partial charge in [0.05, 0.1) is 7.11 Å². The molecule has 5 nitrogen and oxygen atoms in total. The van der Waals surface area contributed by atoms with Gasteiger partial charge < -0.3 is 20.1 Å². The van der Waals surface area contributed by atoms with E-state index in [-0.39, 0.29) is 23.7 Å². The molecule has 0 aromatic heterocycles. The Bertz CT molecular complexity index is 476. The predicted molar refractivity (Wildman–Crippen MR) is 72.6 cm³/mol. The van der Waals surface area contributed by atoms with Gasteiger partial charge in [-0.1, -0.05) is 0 Å². The van der Waals surface area contributed by atoms with E-state index in [9.17, 15) is 9.90 Å². The lowest BCUT2D eigenvalue weighted by Crippen LogP contribution is -2.56. The summed E-state index contributed by atoms with van der Waals surface area (Å²) in [5, 5.41) is 13.1. The number of benzene rings is 1. The van der Waals surface area contributed by atoms with Crippen LogP contribution in [0.1, 0.15) is 24.2 Å². The molecule has 2 N–H and O–H groups in total. The van der Waals surface area contributed by atoms with Gasteiger partial charge in [0.1, 0.15) is 0 Å². The molecule has 0 radical (unpaired) electrons. The first kappa shape index (κ1) is 13.7. The first-order valence-corrected chi connectivity index (χ1v) is 6.44. The van der Waals surface area contributed by atoms with E-state index >= 15 is 0 Å². The Kier molecular flexibility index (Phi) is 3.95. The zero-order chi connectivity index (χ0) is 14.0. The standard InChI is InChI=1S/C14H20N2O3/c1-9-8-16(10(2)7-15-9)14(18)11-4-5-13(19-3)12(17)6-11/h4-6,9-10,15,17H,7-8H2,1-3H3. The van der Waals surface area contributed by atoms with Crippen molar-refractivity contribution in [1.82, 2.24) is 10.2 Å². The van der Waals surface area contributed by atoms with Crippen LogP contribution < -0.4 is 10.1 Å². The zero-order valence-electron chi connectivity index (χ0n) is 11.5. The van der Waals surface area contributed by atoms with E-state index in [2.05, 4.69) is 12.2 Å². The van der Waals surface area contributed by atoms with Crippen molar-refractivity contribution in [2.45, 2.75) is 25.9 Å². The summed E-state index contributed by atoms with van der Waals surface area (Å²) in [5.74, 6) is 0.307. The number of nitrogens with one attached hydrogen (secondary N) is 1. The molecule has 1 aliphatic heterocycles. The quantitative estimate of drug-likeness (QED) is 0.843. The summed E-state index contributed by atoms with van der Waals surface area (Å²) in [7, 11) is 1.48. The van der Waals surface area contributed by atoms with Gasteiger partial charge >= 0.3 is 0 Å². The van der Waals surface area contributed by atoms with Crippen LogP contribution in [0.3, 0.4) is 0 Å². The largest absolute Gasteiger partial charge is 0.504 e. The maximum absolute atomic E-state index is 12.5. The molecule has 104 valence electrons. The summed E-state index contributed by atoms with van der Waals surface area (Å²) in [5.41, 5.74) is 0.485. The molecule has 2 unspecified atom stereocenters. The minimum absolute atomic E-state index is 0.0100. The second-order valence-corrected chi connectivity index (χ2v) is 5.00. The first-order chi connectivity index (χ1) is 9.02. The zero-order valence-corrected chi connectivity index (χ0v) is 11.5. The number of ether oxygens (including phenoxy) is 1. The number of hydrogen-bond donors (Lipinski definition) is 2. The molecule has 1 aliphatic rings. The molecule has 1 saturated heterocycles. The number of aromatic hydroxyl groups is 1. The van der Waals surface area contributed by atoms with Crippen molar-refractivity contribution in [3.05, 3.63) is 23.8 Å². The molecule has 2 atom stereocenters. The van der Waals surface area contributed by atoms with E-state index in [1.807, 2.05) is 11.8 Å². The molecule has 0 saturated carbocycles. The van der Waals surface area contributed by atoms with Gasteiger partial charge in [-0.05, 0) is 32.0 Å². The van der Waals surface area contributed by atoms with Crippen LogP contribution in [0.4, 0.5) is 0 Å². The minimum atomic E-state index is -0.0567. The molecular weight excluding hydrogens is 244 g/mol. The second-order valence-electron chi connectivity index (χ2n) is 5.00. The van der Waals surface area contributed by atoms with Crippen molar-refractivity contribution in [3.63, 3.8) is 0 Å². The molecule has 2 rings (SSSR count). The highest BCUT2D eigenvalue weighted by Crippen LogP contribution is 2.27. The van der Waals surface area contributed by atoms with Gasteiger partial charge in [0.2, 0.25) is 0 Å². The number of carbonyl (C=O) groups excluding carboxylic acids is 1. The van der Waals surface area contributed by atoms with Gasteiger partial charge in [0.15, 0.2) is 11.5 Å². The monoisotopic (exact) mass is 264 g/mol. The van der Waals surface area contributed by atoms with E-state index in [0.29, 0.717) is 17.9 Å². The Morgan fingerprint density at radius 2 is 2.21 bits per heavy atom. The third kappa shape index (κ3) is 2.81. The van der Waals surface area contributed by atoms with Crippen molar-refractivity contribution >= 4 is 5.91 Å². The Morgan fingerprint density at radius 3 is 2.84 bits per heavy atom. The number of methoxy groups -OCH3 is 1. The minimum Gasteiger partial charge on any atom is -0.504 e. The van der Waals surface area contributed by atoms with Crippen LogP contribution in [0, 0.1) is 0 Å². The normalized spacial score (nSPS) is 23.2. The number of nitrogens with zero attached hydrogens (tertiary/aromatic N) is 1. The Morgan fingerprint density at radius 1 is 1.47 bits per heavy atom. The van der Waals surface area contributed by atoms with E-state index in [0.717, 1.165) is 6.54 Å². The molecule has 0 aliphatic carbocycles. The van der Waals surface area contributed by atoms with Gasteiger partial charge in [0, 0.05) is 30.7 Å². The van der Waals surface area contributed by atoms with Crippen molar-refractivity contribution in [2.75, 3.05) is 20.2 Å². The van der Waals surface area contributed by atoms with Crippen LogP contribution in [-0.2, 0) is 0 Å². The molecule has 0 bridgehead atoms. The van der Waals surface area contributed by atoms with Gasteiger partial charge in [-0.3, -0.25) is 4.79 Å². The molecular formula is C14H20N2O3. The number of phenolic OH excluding ortho intramolecular Hbond substituents is 1. The maximum Gasteiger partial charge on any atom is 0.254 e. The van der Waals surface area contributed by atoms with E-state index < -0.39 is 0 Å². The maximum atomic E-state index is 12.5.